The molecule has 2 unspecified atom stereocenters. The first-order valence-corrected chi connectivity index (χ1v) is 9.84. The van der Waals surface area contributed by atoms with E-state index in [9.17, 15) is 26.3 Å². The van der Waals surface area contributed by atoms with Crippen LogP contribution in [0.2, 0.25) is 0 Å². The highest BCUT2D eigenvalue weighted by atomic mass is 19.4. The van der Waals surface area contributed by atoms with Gasteiger partial charge in [0.2, 0.25) is 0 Å². The third-order valence-corrected chi connectivity index (χ3v) is 5.25. The quantitative estimate of drug-likeness (QED) is 0.442. The van der Waals surface area contributed by atoms with Crippen molar-refractivity contribution in [1.82, 2.24) is 0 Å². The Kier molecular flexibility index (Phi) is 6.91. The van der Waals surface area contributed by atoms with Crippen LogP contribution in [0.1, 0.15) is 49.8 Å². The molecule has 0 N–H and O–H groups in total. The number of alkyl halides is 3. The van der Waals surface area contributed by atoms with E-state index in [0.717, 1.165) is 43.4 Å². The van der Waals surface area contributed by atoms with Gasteiger partial charge in [0.15, 0.2) is 0 Å². The van der Waals surface area contributed by atoms with Gasteiger partial charge in [-0.1, -0.05) is 37.6 Å². The number of hydrogen-bond donors (Lipinski definition) is 0. The van der Waals surface area contributed by atoms with E-state index >= 15 is 0 Å². The molecule has 2 atom stereocenters. The average Bonchev–Trinajstić information content (AvgIpc) is 2.67. The number of ether oxygens (including phenoxy) is 1. The molecule has 2 aromatic rings. The van der Waals surface area contributed by atoms with E-state index in [1.807, 2.05) is 0 Å². The highest BCUT2D eigenvalue weighted by Crippen LogP contribution is 2.35. The lowest BCUT2D eigenvalue weighted by molar-refractivity contribution is -0.0798. The van der Waals surface area contributed by atoms with E-state index in [1.165, 1.54) is 0 Å². The maximum absolute atomic E-state index is 14.2. The molecule has 1 heterocycles. The fraction of sp³-hybridized carbons (Fsp3) is 0.391. The first kappa shape index (κ1) is 22.4. The van der Waals surface area contributed by atoms with Gasteiger partial charge in [-0.2, -0.15) is 13.2 Å². The smallest absolute Gasteiger partial charge is 0.373 e. The van der Waals surface area contributed by atoms with Crippen LogP contribution < -0.4 is 0 Å². The molecule has 162 valence electrons. The van der Waals surface area contributed by atoms with Gasteiger partial charge in [0, 0.05) is 0 Å². The lowest BCUT2D eigenvalue weighted by Gasteiger charge is -2.29. The van der Waals surface area contributed by atoms with Crippen molar-refractivity contribution < 1.29 is 31.1 Å². The first-order chi connectivity index (χ1) is 14.2. The summed E-state index contributed by atoms with van der Waals surface area (Å²) in [6.45, 7) is 2.85. The maximum atomic E-state index is 14.2. The number of rotatable bonds is 5. The molecule has 7 heteroatoms. The van der Waals surface area contributed by atoms with Gasteiger partial charge >= 0.3 is 6.18 Å². The average molecular weight is 428 g/mol. The second-order valence-corrected chi connectivity index (χ2v) is 7.52. The Labute approximate surface area is 171 Å². The van der Waals surface area contributed by atoms with E-state index in [0.29, 0.717) is 18.1 Å². The Balaban J connectivity index is 1.78. The summed E-state index contributed by atoms with van der Waals surface area (Å²) in [5.41, 5.74) is 0.186. The lowest BCUT2D eigenvalue weighted by atomic mass is 9.91. The molecule has 0 saturated carbocycles. The van der Waals surface area contributed by atoms with E-state index in [2.05, 4.69) is 6.92 Å². The van der Waals surface area contributed by atoms with Crippen LogP contribution in [0.3, 0.4) is 0 Å². The summed E-state index contributed by atoms with van der Waals surface area (Å²) in [5, 5.41) is 0. The summed E-state index contributed by atoms with van der Waals surface area (Å²) in [7, 11) is 0. The van der Waals surface area contributed by atoms with Crippen molar-refractivity contribution in [3.05, 3.63) is 65.2 Å². The zero-order valence-electron chi connectivity index (χ0n) is 16.4. The van der Waals surface area contributed by atoms with Crippen LogP contribution >= 0.6 is 0 Å². The van der Waals surface area contributed by atoms with Crippen LogP contribution in [0.25, 0.3) is 17.0 Å². The lowest BCUT2D eigenvalue weighted by Crippen LogP contribution is -2.20. The van der Waals surface area contributed by atoms with Crippen molar-refractivity contribution in [3.8, 4) is 11.1 Å². The SMILES string of the molecule is CCCC1CCC(c2ccc(-c3cc(F)c(/C(F)=C/C(F)(F)F)c(F)c3)cc2)OC1. The number of benzene rings is 2. The van der Waals surface area contributed by atoms with Crippen LogP contribution in [0, 0.1) is 17.6 Å². The minimum absolute atomic E-state index is 0.0374. The molecule has 1 nitrogen and oxygen atoms in total. The van der Waals surface area contributed by atoms with Crippen molar-refractivity contribution in [2.24, 2.45) is 5.92 Å². The van der Waals surface area contributed by atoms with Crippen LogP contribution in [0.4, 0.5) is 26.3 Å². The number of halogens is 6. The van der Waals surface area contributed by atoms with Gasteiger partial charge in [0.25, 0.3) is 0 Å². The normalized spacial score (nSPS) is 20.4. The Morgan fingerprint density at radius 2 is 1.67 bits per heavy atom. The molecular formula is C23H22F6O. The fourth-order valence-corrected chi connectivity index (χ4v) is 3.78. The zero-order valence-corrected chi connectivity index (χ0v) is 16.4. The summed E-state index contributed by atoms with van der Waals surface area (Å²) < 4.78 is 84.8. The number of allylic oxidation sites excluding steroid dienone is 1. The molecule has 1 saturated heterocycles. The standard InChI is InChI=1S/C23H22F6O/c1-2-3-14-4-9-21(30-13-14)16-7-5-15(6-8-16)17-10-18(24)22(19(25)11-17)20(26)12-23(27,28)29/h5-8,10-12,14,21H,2-4,9,13H2,1H3/b20-12-. The molecule has 0 aromatic heterocycles. The topological polar surface area (TPSA) is 9.23 Å². The Hall–Kier alpha value is -2.28. The van der Waals surface area contributed by atoms with Gasteiger partial charge in [-0.3, -0.25) is 0 Å². The third kappa shape index (κ3) is 5.45. The molecular weight excluding hydrogens is 406 g/mol. The highest BCUT2D eigenvalue weighted by molar-refractivity contribution is 5.69. The minimum atomic E-state index is -5.02. The molecule has 1 aliphatic heterocycles. The third-order valence-electron chi connectivity index (χ3n) is 5.25. The molecule has 1 aliphatic rings. The van der Waals surface area contributed by atoms with Crippen LogP contribution in [-0.2, 0) is 4.74 Å². The summed E-state index contributed by atoms with van der Waals surface area (Å²) in [5.74, 6) is -4.23. The summed E-state index contributed by atoms with van der Waals surface area (Å²) in [4.78, 5) is 0. The Morgan fingerprint density at radius 3 is 2.17 bits per heavy atom. The minimum Gasteiger partial charge on any atom is -0.373 e. The molecule has 0 radical (unpaired) electrons. The molecule has 0 spiro atoms. The molecule has 0 bridgehead atoms. The predicted octanol–water partition coefficient (Wildman–Crippen LogP) is 7.77. The van der Waals surface area contributed by atoms with Crippen molar-refractivity contribution in [3.63, 3.8) is 0 Å². The Morgan fingerprint density at radius 1 is 1.03 bits per heavy atom. The maximum Gasteiger partial charge on any atom is 0.412 e. The summed E-state index contributed by atoms with van der Waals surface area (Å²) in [6.07, 6.45) is -1.59. The molecule has 0 amide bonds. The van der Waals surface area contributed by atoms with Gasteiger partial charge in [-0.05, 0) is 54.0 Å². The molecule has 2 aromatic carbocycles. The molecule has 30 heavy (non-hydrogen) atoms. The van der Waals surface area contributed by atoms with Gasteiger partial charge in [0.1, 0.15) is 17.5 Å². The van der Waals surface area contributed by atoms with Gasteiger partial charge in [0.05, 0.1) is 24.4 Å². The highest BCUT2D eigenvalue weighted by Gasteiger charge is 2.28. The van der Waals surface area contributed by atoms with E-state index in [1.54, 1.807) is 24.3 Å². The van der Waals surface area contributed by atoms with Crippen molar-refractivity contribution in [2.75, 3.05) is 6.61 Å². The largest absolute Gasteiger partial charge is 0.412 e. The summed E-state index contributed by atoms with van der Waals surface area (Å²) >= 11 is 0. The van der Waals surface area contributed by atoms with E-state index in [-0.39, 0.29) is 11.7 Å². The molecule has 1 fully saturated rings. The summed E-state index contributed by atoms with van der Waals surface area (Å²) in [6, 6.07) is 8.56. The van der Waals surface area contributed by atoms with Crippen molar-refractivity contribution in [2.45, 2.75) is 44.9 Å². The molecule has 0 aliphatic carbocycles. The first-order valence-electron chi connectivity index (χ1n) is 9.84. The van der Waals surface area contributed by atoms with Gasteiger partial charge < -0.3 is 4.74 Å². The monoisotopic (exact) mass is 428 g/mol. The second kappa shape index (κ2) is 9.25. The van der Waals surface area contributed by atoms with Crippen LogP contribution in [-0.4, -0.2) is 12.8 Å². The van der Waals surface area contributed by atoms with Crippen molar-refractivity contribution >= 4 is 5.83 Å². The second-order valence-electron chi connectivity index (χ2n) is 7.52. The Bertz CT molecular complexity index is 870. The fourth-order valence-electron chi connectivity index (χ4n) is 3.78. The van der Waals surface area contributed by atoms with E-state index < -0.39 is 35.3 Å². The van der Waals surface area contributed by atoms with Crippen LogP contribution in [0.15, 0.2) is 42.5 Å². The van der Waals surface area contributed by atoms with Gasteiger partial charge in [-0.15, -0.1) is 0 Å². The zero-order chi connectivity index (χ0) is 21.9. The number of hydrogen-bond acceptors (Lipinski definition) is 1. The van der Waals surface area contributed by atoms with E-state index in [4.69, 9.17) is 4.74 Å². The van der Waals surface area contributed by atoms with Gasteiger partial charge in [-0.25, -0.2) is 13.2 Å². The predicted molar refractivity (Wildman–Crippen MR) is 103 cm³/mol. The molecule has 3 rings (SSSR count). The van der Waals surface area contributed by atoms with Crippen molar-refractivity contribution in [1.29, 1.82) is 0 Å². The van der Waals surface area contributed by atoms with Crippen LogP contribution in [0.5, 0.6) is 0 Å².